The molecule has 1 amide bonds. The van der Waals surface area contributed by atoms with E-state index in [0.29, 0.717) is 4.47 Å². The summed E-state index contributed by atoms with van der Waals surface area (Å²) >= 11 is 6.34. The van der Waals surface area contributed by atoms with E-state index in [-0.39, 0.29) is 4.90 Å². The third-order valence-corrected chi connectivity index (χ3v) is 4.26. The van der Waals surface area contributed by atoms with Gasteiger partial charge in [0.1, 0.15) is 0 Å². The molecule has 0 aliphatic heterocycles. The van der Waals surface area contributed by atoms with E-state index in [1.807, 2.05) is 10.3 Å². The zero-order valence-electron chi connectivity index (χ0n) is 8.12. The number of sulfonamides is 1. The van der Waals surface area contributed by atoms with Gasteiger partial charge in [0.05, 0.1) is 4.90 Å². The molecule has 8 heteroatoms. The maximum Gasteiger partial charge on any atom is 0.258 e. The molecule has 1 aromatic rings. The van der Waals surface area contributed by atoms with Crippen molar-refractivity contribution in [1.29, 1.82) is 0 Å². The van der Waals surface area contributed by atoms with Gasteiger partial charge >= 0.3 is 0 Å². The van der Waals surface area contributed by atoms with Crippen molar-refractivity contribution in [1.82, 2.24) is 10.3 Å². The number of nitrogens with one attached hydrogen (secondary N) is 2. The van der Waals surface area contributed by atoms with Crippen LogP contribution in [0.2, 0.25) is 0 Å². The van der Waals surface area contributed by atoms with Crippen LogP contribution in [0, 0.1) is 0 Å². The van der Waals surface area contributed by atoms with Crippen molar-refractivity contribution >= 4 is 47.8 Å². The minimum Gasteiger partial charge on any atom is -0.278 e. The van der Waals surface area contributed by atoms with Gasteiger partial charge in [0, 0.05) is 15.9 Å². The van der Waals surface area contributed by atoms with Crippen molar-refractivity contribution in [2.75, 3.05) is 0 Å². The summed E-state index contributed by atoms with van der Waals surface area (Å²) in [5.74, 6) is -0.489. The third-order valence-electron chi connectivity index (χ3n) is 1.54. The Labute approximate surface area is 110 Å². The second kappa shape index (κ2) is 5.26. The van der Waals surface area contributed by atoms with Gasteiger partial charge in [0.25, 0.3) is 10.0 Å². The fourth-order valence-electron chi connectivity index (χ4n) is 0.887. The monoisotopic (exact) mass is 370 g/mol. The third kappa shape index (κ3) is 3.55. The van der Waals surface area contributed by atoms with Crippen molar-refractivity contribution in [2.45, 2.75) is 11.8 Å². The van der Waals surface area contributed by atoms with Gasteiger partial charge in [-0.25, -0.2) is 8.42 Å². The van der Waals surface area contributed by atoms with Crippen molar-refractivity contribution in [2.24, 2.45) is 0 Å². The molecule has 0 aliphatic carbocycles. The van der Waals surface area contributed by atoms with Gasteiger partial charge in [0.15, 0.2) is 0 Å². The van der Waals surface area contributed by atoms with Gasteiger partial charge in [-0.2, -0.15) is 0 Å². The molecule has 1 aromatic carbocycles. The van der Waals surface area contributed by atoms with E-state index in [9.17, 15) is 13.2 Å². The number of carbonyl (C=O) groups excluding carboxylic acids is 1. The fourth-order valence-corrected chi connectivity index (χ4v) is 3.52. The molecular formula is C8H8Br2N2O3S. The van der Waals surface area contributed by atoms with Crippen molar-refractivity contribution in [3.8, 4) is 0 Å². The predicted molar refractivity (Wildman–Crippen MR) is 66.0 cm³/mol. The van der Waals surface area contributed by atoms with Crippen LogP contribution in [0.3, 0.4) is 0 Å². The van der Waals surface area contributed by atoms with Crippen molar-refractivity contribution < 1.29 is 13.2 Å². The second-order valence-corrected chi connectivity index (χ2v) is 6.28. The summed E-state index contributed by atoms with van der Waals surface area (Å²) in [6.45, 7) is 1.21. The minimum atomic E-state index is -3.75. The van der Waals surface area contributed by atoms with Crippen molar-refractivity contribution in [3.63, 3.8) is 0 Å². The average Bonchev–Trinajstić information content (AvgIpc) is 2.14. The Bertz CT molecular complexity index is 516. The first-order valence-electron chi connectivity index (χ1n) is 4.06. The van der Waals surface area contributed by atoms with Crippen LogP contribution in [0.15, 0.2) is 32.0 Å². The average molecular weight is 372 g/mol. The number of carbonyl (C=O) groups is 1. The summed E-state index contributed by atoms with van der Waals surface area (Å²) < 4.78 is 24.5. The lowest BCUT2D eigenvalue weighted by atomic mass is 10.4. The van der Waals surface area contributed by atoms with Gasteiger partial charge < -0.3 is 0 Å². The number of benzene rings is 1. The number of hydrazine groups is 1. The molecule has 0 saturated heterocycles. The molecule has 0 saturated carbocycles. The topological polar surface area (TPSA) is 75.3 Å². The maximum absolute atomic E-state index is 11.7. The van der Waals surface area contributed by atoms with Gasteiger partial charge in [0.2, 0.25) is 5.91 Å². The highest BCUT2D eigenvalue weighted by molar-refractivity contribution is 9.11. The summed E-state index contributed by atoms with van der Waals surface area (Å²) in [6, 6.07) is 4.60. The maximum atomic E-state index is 11.7. The quantitative estimate of drug-likeness (QED) is 0.791. The molecule has 88 valence electrons. The Morgan fingerprint density at radius 1 is 1.31 bits per heavy atom. The van der Waals surface area contributed by atoms with Crippen molar-refractivity contribution in [3.05, 3.63) is 27.1 Å². The molecule has 0 spiro atoms. The van der Waals surface area contributed by atoms with Gasteiger partial charge in [-0.3, -0.25) is 10.2 Å². The molecule has 0 unspecified atom stereocenters. The first-order chi connectivity index (χ1) is 7.33. The lowest BCUT2D eigenvalue weighted by Crippen LogP contribution is -2.40. The van der Waals surface area contributed by atoms with Crippen LogP contribution in [0.4, 0.5) is 0 Å². The van der Waals surface area contributed by atoms with Crippen LogP contribution in [0.1, 0.15) is 6.92 Å². The molecule has 0 heterocycles. The molecule has 5 nitrogen and oxygen atoms in total. The Hall–Kier alpha value is -0.440. The molecule has 16 heavy (non-hydrogen) atoms. The molecule has 0 atom stereocenters. The molecule has 0 aliphatic rings. The number of rotatable bonds is 3. The SMILES string of the molecule is CC(=O)NNS(=O)(=O)c1ccc(Br)cc1Br. The summed E-state index contributed by atoms with van der Waals surface area (Å²) in [5.41, 5.74) is 2.02. The van der Waals surface area contributed by atoms with Crippen LogP contribution < -0.4 is 10.3 Å². The van der Waals surface area contributed by atoms with Crippen LogP contribution in [0.25, 0.3) is 0 Å². The van der Waals surface area contributed by atoms with E-state index >= 15 is 0 Å². The fraction of sp³-hybridized carbons (Fsp3) is 0.125. The summed E-state index contributed by atoms with van der Waals surface area (Å²) in [4.78, 5) is 12.6. The lowest BCUT2D eigenvalue weighted by Gasteiger charge is -2.08. The summed E-state index contributed by atoms with van der Waals surface area (Å²) in [7, 11) is -3.75. The first-order valence-corrected chi connectivity index (χ1v) is 7.13. The van der Waals surface area contributed by atoms with Crippen LogP contribution in [-0.4, -0.2) is 14.3 Å². The molecule has 1 rings (SSSR count). The zero-order valence-corrected chi connectivity index (χ0v) is 12.1. The van der Waals surface area contributed by atoms with E-state index < -0.39 is 15.9 Å². The van der Waals surface area contributed by atoms with E-state index in [0.717, 1.165) is 4.47 Å². The molecule has 0 radical (unpaired) electrons. The van der Waals surface area contributed by atoms with Gasteiger partial charge in [-0.05, 0) is 34.1 Å². The van der Waals surface area contributed by atoms with Gasteiger partial charge in [-0.15, -0.1) is 4.83 Å². The molecule has 0 aromatic heterocycles. The highest BCUT2D eigenvalue weighted by Gasteiger charge is 2.17. The van der Waals surface area contributed by atoms with Crippen LogP contribution in [-0.2, 0) is 14.8 Å². The van der Waals surface area contributed by atoms with E-state index in [2.05, 4.69) is 31.9 Å². The number of amides is 1. The molecule has 0 bridgehead atoms. The van der Waals surface area contributed by atoms with Crippen LogP contribution >= 0.6 is 31.9 Å². The normalized spacial score (nSPS) is 11.2. The highest BCUT2D eigenvalue weighted by atomic mass is 79.9. The largest absolute Gasteiger partial charge is 0.278 e. The van der Waals surface area contributed by atoms with Crippen LogP contribution in [0.5, 0.6) is 0 Å². The molecule has 0 fully saturated rings. The van der Waals surface area contributed by atoms with E-state index in [4.69, 9.17) is 0 Å². The predicted octanol–water partition coefficient (Wildman–Crippen LogP) is 1.54. The standard InChI is InChI=1S/C8H8Br2N2O3S/c1-5(13)11-12-16(14,15)8-3-2-6(9)4-7(8)10/h2-4,12H,1H3,(H,11,13). The second-order valence-electron chi connectivity index (χ2n) is 2.86. The number of hydrogen-bond acceptors (Lipinski definition) is 3. The first kappa shape index (κ1) is 13.6. The highest BCUT2D eigenvalue weighted by Crippen LogP contribution is 2.25. The Balaban J connectivity index is 3.03. The van der Waals surface area contributed by atoms with E-state index in [1.54, 1.807) is 12.1 Å². The van der Waals surface area contributed by atoms with Gasteiger partial charge in [-0.1, -0.05) is 15.9 Å². The molecule has 2 N–H and O–H groups in total. The zero-order chi connectivity index (χ0) is 12.3. The summed E-state index contributed by atoms with van der Waals surface area (Å²) in [5, 5.41) is 0. The Kier molecular flexibility index (Phi) is 4.48. The Morgan fingerprint density at radius 2 is 1.94 bits per heavy atom. The lowest BCUT2D eigenvalue weighted by molar-refractivity contribution is -0.119. The minimum absolute atomic E-state index is 0.0458. The number of hydrogen-bond donors (Lipinski definition) is 2. The number of halogens is 2. The smallest absolute Gasteiger partial charge is 0.258 e. The Morgan fingerprint density at radius 3 is 2.44 bits per heavy atom. The molecular weight excluding hydrogens is 364 g/mol. The summed E-state index contributed by atoms with van der Waals surface area (Å²) in [6.07, 6.45) is 0. The van der Waals surface area contributed by atoms with E-state index in [1.165, 1.54) is 13.0 Å².